The average Bonchev–Trinajstić information content (AvgIpc) is 2.66. The van der Waals surface area contributed by atoms with Gasteiger partial charge < -0.3 is 10.6 Å². The van der Waals surface area contributed by atoms with E-state index in [9.17, 15) is 18.0 Å². The van der Waals surface area contributed by atoms with Crippen molar-refractivity contribution in [2.75, 3.05) is 13.1 Å². The summed E-state index contributed by atoms with van der Waals surface area (Å²) in [6, 6.07) is -0.863. The fourth-order valence-electron chi connectivity index (χ4n) is 0.879. The van der Waals surface area contributed by atoms with E-state index in [0.29, 0.717) is 6.54 Å². The second-order valence-electron chi connectivity index (χ2n) is 2.89. The fraction of sp³-hybridized carbons (Fsp3) is 0.571. The van der Waals surface area contributed by atoms with Gasteiger partial charge in [-0.1, -0.05) is 5.21 Å². The number of urea groups is 1. The van der Waals surface area contributed by atoms with Crippen molar-refractivity contribution < 1.29 is 18.0 Å². The van der Waals surface area contributed by atoms with E-state index in [2.05, 4.69) is 15.6 Å². The summed E-state index contributed by atoms with van der Waals surface area (Å²) in [5, 5.41) is 11.1. The summed E-state index contributed by atoms with van der Waals surface area (Å²) in [5.41, 5.74) is 0. The molecule has 1 heterocycles. The first-order valence-electron chi connectivity index (χ1n) is 4.40. The standard InChI is InChI=1S/C7H10F3N5O/c8-7(9,10)5-12-6(16)11-1-3-15-4-2-13-14-15/h2,4H,1,3,5H2,(H2,11,12,16). The van der Waals surface area contributed by atoms with Crippen LogP contribution in [0.1, 0.15) is 0 Å². The first kappa shape index (κ1) is 12.3. The molecule has 0 aromatic carbocycles. The van der Waals surface area contributed by atoms with Crippen molar-refractivity contribution in [3.63, 3.8) is 0 Å². The lowest BCUT2D eigenvalue weighted by Gasteiger charge is -2.09. The number of halogens is 3. The molecular weight excluding hydrogens is 227 g/mol. The second-order valence-corrected chi connectivity index (χ2v) is 2.89. The number of nitrogens with one attached hydrogen (secondary N) is 2. The van der Waals surface area contributed by atoms with E-state index < -0.39 is 18.8 Å². The van der Waals surface area contributed by atoms with E-state index in [1.807, 2.05) is 0 Å². The van der Waals surface area contributed by atoms with Crippen LogP contribution in [-0.4, -0.2) is 40.3 Å². The van der Waals surface area contributed by atoms with E-state index in [1.54, 1.807) is 11.5 Å². The van der Waals surface area contributed by atoms with Crippen LogP contribution in [0.2, 0.25) is 0 Å². The van der Waals surface area contributed by atoms with Crippen LogP contribution in [0.15, 0.2) is 12.4 Å². The molecule has 2 N–H and O–H groups in total. The zero-order valence-electron chi connectivity index (χ0n) is 8.16. The number of amides is 2. The predicted octanol–water partition coefficient (Wildman–Crippen LogP) is 0.140. The molecule has 0 aliphatic heterocycles. The number of hydrogen-bond donors (Lipinski definition) is 2. The Labute approximate surface area is 88.8 Å². The number of hydrogen-bond acceptors (Lipinski definition) is 3. The van der Waals surface area contributed by atoms with Crippen LogP contribution in [0, 0.1) is 0 Å². The molecular formula is C7H10F3N5O. The fourth-order valence-corrected chi connectivity index (χ4v) is 0.879. The largest absolute Gasteiger partial charge is 0.405 e. The smallest absolute Gasteiger partial charge is 0.336 e. The van der Waals surface area contributed by atoms with Gasteiger partial charge in [-0.25, -0.2) is 4.79 Å². The zero-order chi connectivity index (χ0) is 12.0. The van der Waals surface area contributed by atoms with Crippen LogP contribution in [-0.2, 0) is 6.54 Å². The average molecular weight is 237 g/mol. The molecule has 0 saturated carbocycles. The van der Waals surface area contributed by atoms with Crippen molar-refractivity contribution in [3.8, 4) is 0 Å². The van der Waals surface area contributed by atoms with Crippen LogP contribution in [0.3, 0.4) is 0 Å². The van der Waals surface area contributed by atoms with E-state index in [4.69, 9.17) is 0 Å². The summed E-state index contributed by atoms with van der Waals surface area (Å²) in [5.74, 6) is 0. The number of rotatable bonds is 4. The highest BCUT2D eigenvalue weighted by molar-refractivity contribution is 5.73. The van der Waals surface area contributed by atoms with E-state index in [0.717, 1.165) is 0 Å². The monoisotopic (exact) mass is 237 g/mol. The number of carbonyl (C=O) groups is 1. The third-order valence-corrected chi connectivity index (χ3v) is 1.55. The lowest BCUT2D eigenvalue weighted by atomic mass is 10.6. The van der Waals surface area contributed by atoms with Crippen molar-refractivity contribution in [1.29, 1.82) is 0 Å². The van der Waals surface area contributed by atoms with Gasteiger partial charge in [0.1, 0.15) is 6.54 Å². The normalized spacial score (nSPS) is 11.2. The van der Waals surface area contributed by atoms with Crippen molar-refractivity contribution >= 4 is 6.03 Å². The highest BCUT2D eigenvalue weighted by Gasteiger charge is 2.27. The molecule has 0 unspecified atom stereocenters. The number of nitrogens with zero attached hydrogens (tertiary/aromatic N) is 3. The third kappa shape index (κ3) is 5.17. The molecule has 0 aliphatic carbocycles. The lowest BCUT2D eigenvalue weighted by Crippen LogP contribution is -2.41. The van der Waals surface area contributed by atoms with Crippen molar-refractivity contribution in [3.05, 3.63) is 12.4 Å². The van der Waals surface area contributed by atoms with Gasteiger partial charge in [-0.3, -0.25) is 4.68 Å². The summed E-state index contributed by atoms with van der Waals surface area (Å²) in [7, 11) is 0. The summed E-state index contributed by atoms with van der Waals surface area (Å²) >= 11 is 0. The van der Waals surface area contributed by atoms with Gasteiger partial charge in [-0.15, -0.1) is 5.10 Å². The molecule has 16 heavy (non-hydrogen) atoms. The molecule has 0 aliphatic rings. The topological polar surface area (TPSA) is 71.8 Å². The van der Waals surface area contributed by atoms with Crippen LogP contribution in [0.4, 0.5) is 18.0 Å². The highest BCUT2D eigenvalue weighted by atomic mass is 19.4. The molecule has 0 bridgehead atoms. The molecule has 90 valence electrons. The van der Waals surface area contributed by atoms with Gasteiger partial charge in [0.2, 0.25) is 0 Å². The van der Waals surface area contributed by atoms with E-state index in [-0.39, 0.29) is 6.54 Å². The third-order valence-electron chi connectivity index (χ3n) is 1.55. The van der Waals surface area contributed by atoms with Gasteiger partial charge in [0, 0.05) is 12.7 Å². The highest BCUT2D eigenvalue weighted by Crippen LogP contribution is 2.11. The quantitative estimate of drug-likeness (QED) is 0.782. The summed E-state index contributed by atoms with van der Waals surface area (Å²) in [6.07, 6.45) is -1.36. The van der Waals surface area contributed by atoms with E-state index in [1.165, 1.54) is 10.9 Å². The van der Waals surface area contributed by atoms with Crippen LogP contribution >= 0.6 is 0 Å². The molecule has 0 atom stereocenters. The first-order chi connectivity index (χ1) is 7.47. The lowest BCUT2D eigenvalue weighted by molar-refractivity contribution is -0.122. The molecule has 0 saturated heterocycles. The summed E-state index contributed by atoms with van der Waals surface area (Å²) in [6.45, 7) is -0.825. The maximum atomic E-state index is 11.7. The van der Waals surface area contributed by atoms with Gasteiger partial charge >= 0.3 is 12.2 Å². The Morgan fingerprint density at radius 2 is 2.12 bits per heavy atom. The Balaban J connectivity index is 2.11. The summed E-state index contributed by atoms with van der Waals surface area (Å²) in [4.78, 5) is 10.9. The molecule has 0 radical (unpaired) electrons. The van der Waals surface area contributed by atoms with Gasteiger partial charge in [0.25, 0.3) is 0 Å². The van der Waals surface area contributed by atoms with Crippen molar-refractivity contribution in [1.82, 2.24) is 25.6 Å². The maximum Gasteiger partial charge on any atom is 0.405 e. The number of aromatic nitrogens is 3. The molecule has 6 nitrogen and oxygen atoms in total. The minimum Gasteiger partial charge on any atom is -0.336 e. The van der Waals surface area contributed by atoms with Gasteiger partial charge in [-0.05, 0) is 0 Å². The maximum absolute atomic E-state index is 11.7. The molecule has 1 rings (SSSR count). The van der Waals surface area contributed by atoms with Crippen LogP contribution in [0.25, 0.3) is 0 Å². The van der Waals surface area contributed by atoms with E-state index >= 15 is 0 Å². The van der Waals surface area contributed by atoms with Crippen molar-refractivity contribution in [2.24, 2.45) is 0 Å². The number of carbonyl (C=O) groups excluding carboxylic acids is 1. The first-order valence-corrected chi connectivity index (χ1v) is 4.40. The Morgan fingerprint density at radius 1 is 1.38 bits per heavy atom. The van der Waals surface area contributed by atoms with Crippen LogP contribution in [0.5, 0.6) is 0 Å². The molecule has 1 aromatic heterocycles. The molecule has 9 heteroatoms. The Kier molecular flexibility index (Phi) is 4.09. The minimum atomic E-state index is -4.40. The second kappa shape index (κ2) is 5.33. The minimum absolute atomic E-state index is 0.174. The van der Waals surface area contributed by atoms with Crippen LogP contribution < -0.4 is 10.6 Å². The summed E-state index contributed by atoms with van der Waals surface area (Å²) < 4.78 is 36.5. The zero-order valence-corrected chi connectivity index (χ0v) is 8.16. The Morgan fingerprint density at radius 3 is 2.69 bits per heavy atom. The molecule has 0 spiro atoms. The SMILES string of the molecule is O=C(NCCn1ccnn1)NCC(F)(F)F. The Hall–Kier alpha value is -1.80. The molecule has 1 aromatic rings. The van der Waals surface area contributed by atoms with Gasteiger partial charge in [0.15, 0.2) is 0 Å². The Bertz CT molecular complexity index is 323. The molecule has 2 amide bonds. The van der Waals surface area contributed by atoms with Crippen molar-refractivity contribution in [2.45, 2.75) is 12.7 Å². The number of alkyl halides is 3. The van der Waals surface area contributed by atoms with Gasteiger partial charge in [0.05, 0.1) is 12.7 Å². The van der Waals surface area contributed by atoms with Gasteiger partial charge in [-0.2, -0.15) is 13.2 Å². The molecule has 0 fully saturated rings. The predicted molar refractivity (Wildman–Crippen MR) is 47.5 cm³/mol.